The standard InChI is InChI=1S/C24H18N2O3S/c1-30-17-8-6-16(7-9-17)21-20-22(27)18-4-2-3-5-19(18)29-23(20)24(28)26(21)14-15-10-12-25-13-11-15/h2-13,21H,14H2,1H3. The maximum Gasteiger partial charge on any atom is 0.291 e. The Labute approximate surface area is 177 Å². The van der Waals surface area contributed by atoms with E-state index >= 15 is 0 Å². The molecule has 1 aliphatic rings. The number of rotatable bonds is 4. The van der Waals surface area contributed by atoms with Crippen LogP contribution in [0.4, 0.5) is 0 Å². The number of benzene rings is 2. The Kier molecular flexibility index (Phi) is 4.64. The van der Waals surface area contributed by atoms with E-state index in [1.807, 2.05) is 42.7 Å². The van der Waals surface area contributed by atoms with Crippen LogP contribution in [0.25, 0.3) is 11.0 Å². The fourth-order valence-corrected chi connectivity index (χ4v) is 4.36. The molecule has 0 spiro atoms. The molecule has 0 radical (unpaired) electrons. The predicted molar refractivity (Wildman–Crippen MR) is 117 cm³/mol. The van der Waals surface area contributed by atoms with Crippen LogP contribution in [0, 0.1) is 0 Å². The van der Waals surface area contributed by atoms with Gasteiger partial charge in [-0.15, -0.1) is 11.8 Å². The van der Waals surface area contributed by atoms with Crippen LogP contribution in [-0.4, -0.2) is 22.0 Å². The van der Waals surface area contributed by atoms with Gasteiger partial charge in [0.15, 0.2) is 5.43 Å². The lowest BCUT2D eigenvalue weighted by Crippen LogP contribution is -2.29. The van der Waals surface area contributed by atoms with Gasteiger partial charge in [-0.2, -0.15) is 0 Å². The third-order valence-electron chi connectivity index (χ3n) is 5.41. The normalized spacial score (nSPS) is 15.6. The minimum atomic E-state index is -0.502. The molecule has 148 valence electrons. The van der Waals surface area contributed by atoms with E-state index in [1.165, 1.54) is 0 Å². The van der Waals surface area contributed by atoms with E-state index in [1.54, 1.807) is 53.3 Å². The number of thioether (sulfide) groups is 1. The molecule has 0 N–H and O–H groups in total. The molecule has 0 fully saturated rings. The van der Waals surface area contributed by atoms with Crippen molar-refractivity contribution in [2.24, 2.45) is 0 Å². The molecule has 5 rings (SSSR count). The zero-order chi connectivity index (χ0) is 20.7. The molecule has 4 aromatic rings. The largest absolute Gasteiger partial charge is 0.450 e. The Bertz CT molecular complexity index is 1300. The van der Waals surface area contributed by atoms with Gasteiger partial charge in [0, 0.05) is 23.8 Å². The summed E-state index contributed by atoms with van der Waals surface area (Å²) in [4.78, 5) is 33.7. The molecular formula is C24H18N2O3S. The van der Waals surface area contributed by atoms with Crippen molar-refractivity contribution in [1.29, 1.82) is 0 Å². The SMILES string of the molecule is CSc1ccc(C2c3c(oc4ccccc4c3=O)C(=O)N2Cc2ccncc2)cc1. The Balaban J connectivity index is 1.71. The fraction of sp³-hybridized carbons (Fsp3) is 0.125. The first kappa shape index (κ1) is 18.6. The third-order valence-corrected chi connectivity index (χ3v) is 6.15. The van der Waals surface area contributed by atoms with Crippen LogP contribution in [0.5, 0.6) is 0 Å². The first-order chi connectivity index (χ1) is 14.7. The topological polar surface area (TPSA) is 63.4 Å². The van der Waals surface area contributed by atoms with Crippen LogP contribution >= 0.6 is 11.8 Å². The van der Waals surface area contributed by atoms with Crippen molar-refractivity contribution in [3.05, 3.63) is 106 Å². The highest BCUT2D eigenvalue weighted by Gasteiger charge is 2.42. The van der Waals surface area contributed by atoms with Crippen LogP contribution in [-0.2, 0) is 6.54 Å². The number of amides is 1. The van der Waals surface area contributed by atoms with Crippen molar-refractivity contribution in [2.75, 3.05) is 6.26 Å². The second-order valence-corrected chi connectivity index (χ2v) is 8.01. The number of para-hydroxylation sites is 1. The summed E-state index contributed by atoms with van der Waals surface area (Å²) < 4.78 is 5.95. The molecule has 5 nitrogen and oxygen atoms in total. The van der Waals surface area contributed by atoms with Crippen LogP contribution in [0.3, 0.4) is 0 Å². The minimum absolute atomic E-state index is 0.131. The van der Waals surface area contributed by atoms with Gasteiger partial charge < -0.3 is 9.32 Å². The molecule has 30 heavy (non-hydrogen) atoms. The van der Waals surface area contributed by atoms with Crippen molar-refractivity contribution >= 4 is 28.6 Å². The van der Waals surface area contributed by atoms with Gasteiger partial charge in [-0.1, -0.05) is 24.3 Å². The summed E-state index contributed by atoms with van der Waals surface area (Å²) in [6, 6.07) is 18.3. The van der Waals surface area contributed by atoms with Gasteiger partial charge in [0.05, 0.1) is 17.0 Å². The van der Waals surface area contributed by atoms with Crippen molar-refractivity contribution in [1.82, 2.24) is 9.88 Å². The summed E-state index contributed by atoms with van der Waals surface area (Å²) in [5, 5.41) is 0.487. The van der Waals surface area contributed by atoms with Crippen molar-refractivity contribution < 1.29 is 9.21 Å². The second-order valence-electron chi connectivity index (χ2n) is 7.13. The van der Waals surface area contributed by atoms with Gasteiger partial charge >= 0.3 is 0 Å². The number of pyridine rings is 1. The zero-order valence-electron chi connectivity index (χ0n) is 16.2. The van der Waals surface area contributed by atoms with Gasteiger partial charge in [-0.3, -0.25) is 14.6 Å². The van der Waals surface area contributed by atoms with E-state index in [9.17, 15) is 9.59 Å². The highest BCUT2D eigenvalue weighted by molar-refractivity contribution is 7.98. The molecule has 0 bridgehead atoms. The molecule has 0 saturated heterocycles. The highest BCUT2D eigenvalue weighted by Crippen LogP contribution is 2.39. The van der Waals surface area contributed by atoms with Gasteiger partial charge in [-0.25, -0.2) is 0 Å². The lowest BCUT2D eigenvalue weighted by molar-refractivity contribution is 0.0714. The van der Waals surface area contributed by atoms with Crippen LogP contribution in [0.15, 0.2) is 87.2 Å². The number of carbonyl (C=O) groups is 1. The van der Waals surface area contributed by atoms with Gasteiger partial charge in [-0.05, 0) is 53.8 Å². The molecule has 2 aromatic heterocycles. The molecule has 6 heteroatoms. The van der Waals surface area contributed by atoms with Crippen molar-refractivity contribution in [3.8, 4) is 0 Å². The number of hydrogen-bond acceptors (Lipinski definition) is 5. The van der Waals surface area contributed by atoms with E-state index in [2.05, 4.69) is 4.98 Å². The van der Waals surface area contributed by atoms with Crippen molar-refractivity contribution in [2.45, 2.75) is 17.5 Å². The van der Waals surface area contributed by atoms with Gasteiger partial charge in [0.1, 0.15) is 5.58 Å². The fourth-order valence-electron chi connectivity index (χ4n) is 3.95. The Morgan fingerprint density at radius 1 is 1.00 bits per heavy atom. The average molecular weight is 414 g/mol. The molecule has 1 amide bonds. The maximum atomic E-state index is 13.4. The summed E-state index contributed by atoms with van der Waals surface area (Å²) in [7, 11) is 0. The molecule has 0 saturated carbocycles. The van der Waals surface area contributed by atoms with E-state index in [-0.39, 0.29) is 17.1 Å². The molecule has 2 aromatic carbocycles. The van der Waals surface area contributed by atoms with Crippen molar-refractivity contribution in [3.63, 3.8) is 0 Å². The lowest BCUT2D eigenvalue weighted by Gasteiger charge is -2.25. The Morgan fingerprint density at radius 2 is 1.73 bits per heavy atom. The lowest BCUT2D eigenvalue weighted by atomic mass is 9.98. The van der Waals surface area contributed by atoms with Crippen LogP contribution < -0.4 is 5.43 Å². The number of aromatic nitrogens is 1. The third kappa shape index (κ3) is 3.00. The first-order valence-electron chi connectivity index (χ1n) is 9.57. The number of fused-ring (bicyclic) bond motifs is 2. The molecule has 1 unspecified atom stereocenters. The highest BCUT2D eigenvalue weighted by atomic mass is 32.2. The van der Waals surface area contributed by atoms with Crippen LogP contribution in [0.1, 0.15) is 33.3 Å². The number of nitrogens with zero attached hydrogens (tertiary/aromatic N) is 2. The maximum absolute atomic E-state index is 13.4. The second kappa shape index (κ2) is 7.46. The Hall–Kier alpha value is -3.38. The molecular weight excluding hydrogens is 396 g/mol. The smallest absolute Gasteiger partial charge is 0.291 e. The molecule has 1 atom stereocenters. The zero-order valence-corrected chi connectivity index (χ0v) is 17.1. The summed E-state index contributed by atoms with van der Waals surface area (Å²) in [5.41, 5.74) is 2.50. The monoisotopic (exact) mass is 414 g/mol. The molecule has 0 aliphatic carbocycles. The first-order valence-corrected chi connectivity index (χ1v) is 10.8. The number of hydrogen-bond donors (Lipinski definition) is 0. The van der Waals surface area contributed by atoms with E-state index in [4.69, 9.17) is 4.42 Å². The summed E-state index contributed by atoms with van der Waals surface area (Å²) in [6.45, 7) is 0.357. The van der Waals surface area contributed by atoms with E-state index < -0.39 is 6.04 Å². The van der Waals surface area contributed by atoms with E-state index in [0.717, 1.165) is 16.0 Å². The molecule has 1 aliphatic heterocycles. The predicted octanol–water partition coefficient (Wildman–Crippen LogP) is 4.66. The summed E-state index contributed by atoms with van der Waals surface area (Å²) >= 11 is 1.65. The molecule has 3 heterocycles. The Morgan fingerprint density at radius 3 is 2.47 bits per heavy atom. The quantitative estimate of drug-likeness (QED) is 0.455. The summed E-state index contributed by atoms with van der Waals surface area (Å²) in [6.07, 6.45) is 5.41. The van der Waals surface area contributed by atoms with E-state index in [0.29, 0.717) is 23.1 Å². The van der Waals surface area contributed by atoms with Crippen LogP contribution in [0.2, 0.25) is 0 Å². The van der Waals surface area contributed by atoms with Gasteiger partial charge in [0.2, 0.25) is 5.76 Å². The minimum Gasteiger partial charge on any atom is -0.450 e. The average Bonchev–Trinajstić information content (AvgIpc) is 3.06. The summed E-state index contributed by atoms with van der Waals surface area (Å²) in [5.74, 6) is -0.143. The number of carbonyl (C=O) groups excluding carboxylic acids is 1. The van der Waals surface area contributed by atoms with Gasteiger partial charge in [0.25, 0.3) is 5.91 Å².